The van der Waals surface area contributed by atoms with Gasteiger partial charge in [0.05, 0.1) is 26.4 Å². The summed E-state index contributed by atoms with van der Waals surface area (Å²) in [5.41, 5.74) is 1.16. The lowest BCUT2D eigenvalue weighted by atomic mass is 10.1. The topological polar surface area (TPSA) is 38.8 Å². The maximum Gasteiger partial charge on any atom is 0.223 e. The van der Waals surface area contributed by atoms with Crippen LogP contribution in [0.1, 0.15) is 18.9 Å². The predicted molar refractivity (Wildman–Crippen MR) is 73.3 cm³/mol. The number of amides is 1. The smallest absolute Gasteiger partial charge is 0.223 e. The molecule has 1 amide bonds. The summed E-state index contributed by atoms with van der Waals surface area (Å²) in [5, 5.41) is 0. The molecule has 1 fully saturated rings. The first-order valence-electron chi connectivity index (χ1n) is 6.71. The normalized spacial score (nSPS) is 19.3. The molecule has 4 nitrogen and oxygen atoms in total. The van der Waals surface area contributed by atoms with Gasteiger partial charge in [-0.2, -0.15) is 0 Å². The molecule has 2 rings (SSSR count). The number of benzene rings is 1. The number of aryl methyl sites for hydroxylation is 1. The molecule has 0 aromatic heterocycles. The van der Waals surface area contributed by atoms with Crippen LogP contribution in [0.3, 0.4) is 0 Å². The van der Waals surface area contributed by atoms with Crippen LogP contribution in [0.4, 0.5) is 0 Å². The largest absolute Gasteiger partial charge is 0.497 e. The lowest BCUT2D eigenvalue weighted by Crippen LogP contribution is -2.47. The van der Waals surface area contributed by atoms with E-state index in [1.807, 2.05) is 36.1 Å². The van der Waals surface area contributed by atoms with Gasteiger partial charge in [-0.1, -0.05) is 12.1 Å². The Morgan fingerprint density at radius 1 is 1.42 bits per heavy atom. The summed E-state index contributed by atoms with van der Waals surface area (Å²) in [5.74, 6) is 1.06. The van der Waals surface area contributed by atoms with Crippen molar-refractivity contribution in [2.24, 2.45) is 0 Å². The molecule has 0 aliphatic carbocycles. The summed E-state index contributed by atoms with van der Waals surface area (Å²) < 4.78 is 10.5. The van der Waals surface area contributed by atoms with E-state index in [0.29, 0.717) is 26.2 Å². The van der Waals surface area contributed by atoms with Crippen LogP contribution in [0.5, 0.6) is 5.75 Å². The SMILES string of the molecule is COc1ccc(CCC(=O)N2CCOCC2C)cc1. The lowest BCUT2D eigenvalue weighted by molar-refractivity contribution is -0.139. The average Bonchev–Trinajstić information content (AvgIpc) is 2.46. The van der Waals surface area contributed by atoms with E-state index >= 15 is 0 Å². The van der Waals surface area contributed by atoms with E-state index in [1.165, 1.54) is 0 Å². The number of morpholine rings is 1. The number of nitrogens with zero attached hydrogens (tertiary/aromatic N) is 1. The van der Waals surface area contributed by atoms with Gasteiger partial charge < -0.3 is 14.4 Å². The zero-order valence-corrected chi connectivity index (χ0v) is 11.6. The first kappa shape index (κ1) is 13.9. The quantitative estimate of drug-likeness (QED) is 0.832. The second-order valence-electron chi connectivity index (χ2n) is 4.86. The van der Waals surface area contributed by atoms with Crippen molar-refractivity contribution in [2.45, 2.75) is 25.8 Å². The fourth-order valence-corrected chi connectivity index (χ4v) is 2.28. The summed E-state index contributed by atoms with van der Waals surface area (Å²) in [6.07, 6.45) is 1.32. The molecule has 1 aromatic rings. The lowest BCUT2D eigenvalue weighted by Gasteiger charge is -2.33. The molecule has 1 aliphatic heterocycles. The molecule has 1 atom stereocenters. The van der Waals surface area contributed by atoms with Crippen LogP contribution >= 0.6 is 0 Å². The molecule has 1 aliphatic rings. The average molecular weight is 263 g/mol. The van der Waals surface area contributed by atoms with Crippen molar-refractivity contribution in [3.8, 4) is 5.75 Å². The van der Waals surface area contributed by atoms with Gasteiger partial charge in [0.2, 0.25) is 5.91 Å². The van der Waals surface area contributed by atoms with Crippen molar-refractivity contribution in [3.63, 3.8) is 0 Å². The van der Waals surface area contributed by atoms with Crippen LogP contribution < -0.4 is 4.74 Å². The minimum Gasteiger partial charge on any atom is -0.497 e. The molecule has 1 saturated heterocycles. The highest BCUT2D eigenvalue weighted by molar-refractivity contribution is 5.76. The first-order valence-corrected chi connectivity index (χ1v) is 6.71. The number of rotatable bonds is 4. The van der Waals surface area contributed by atoms with Crippen molar-refractivity contribution in [2.75, 3.05) is 26.9 Å². The van der Waals surface area contributed by atoms with Gasteiger partial charge in [-0.05, 0) is 31.0 Å². The van der Waals surface area contributed by atoms with Crippen LogP contribution in [0.25, 0.3) is 0 Å². The van der Waals surface area contributed by atoms with Crippen molar-refractivity contribution in [1.29, 1.82) is 0 Å². The Morgan fingerprint density at radius 2 is 2.16 bits per heavy atom. The van der Waals surface area contributed by atoms with E-state index in [0.717, 1.165) is 17.7 Å². The van der Waals surface area contributed by atoms with Crippen molar-refractivity contribution in [3.05, 3.63) is 29.8 Å². The van der Waals surface area contributed by atoms with Crippen molar-refractivity contribution >= 4 is 5.91 Å². The number of methoxy groups -OCH3 is 1. The minimum atomic E-state index is 0.192. The van der Waals surface area contributed by atoms with Gasteiger partial charge in [-0.3, -0.25) is 4.79 Å². The van der Waals surface area contributed by atoms with E-state index in [1.54, 1.807) is 7.11 Å². The molecule has 19 heavy (non-hydrogen) atoms. The van der Waals surface area contributed by atoms with E-state index in [2.05, 4.69) is 0 Å². The Morgan fingerprint density at radius 3 is 2.79 bits per heavy atom. The summed E-state index contributed by atoms with van der Waals surface area (Å²) >= 11 is 0. The van der Waals surface area contributed by atoms with Crippen LogP contribution in [-0.2, 0) is 16.0 Å². The second-order valence-corrected chi connectivity index (χ2v) is 4.86. The Hall–Kier alpha value is -1.55. The molecule has 0 N–H and O–H groups in total. The highest BCUT2D eigenvalue weighted by Crippen LogP contribution is 2.14. The monoisotopic (exact) mass is 263 g/mol. The standard InChI is InChI=1S/C15H21NO3/c1-12-11-19-10-9-16(12)15(17)8-5-13-3-6-14(18-2)7-4-13/h3-4,6-7,12H,5,8-11H2,1-2H3. The molecular weight excluding hydrogens is 242 g/mol. The summed E-state index contributed by atoms with van der Waals surface area (Å²) in [6, 6.07) is 8.06. The van der Waals surface area contributed by atoms with Gasteiger partial charge in [0.1, 0.15) is 5.75 Å². The maximum atomic E-state index is 12.2. The third-order valence-electron chi connectivity index (χ3n) is 3.47. The van der Waals surface area contributed by atoms with Crippen LogP contribution in [0, 0.1) is 0 Å². The van der Waals surface area contributed by atoms with Crippen LogP contribution in [0.2, 0.25) is 0 Å². The van der Waals surface area contributed by atoms with E-state index in [-0.39, 0.29) is 11.9 Å². The molecule has 0 radical (unpaired) electrons. The molecule has 4 heteroatoms. The Balaban J connectivity index is 1.85. The van der Waals surface area contributed by atoms with Crippen LogP contribution in [0.15, 0.2) is 24.3 Å². The number of carbonyl (C=O) groups excluding carboxylic acids is 1. The third kappa shape index (κ3) is 3.70. The Kier molecular flexibility index (Phi) is 4.80. The van der Waals surface area contributed by atoms with Gasteiger partial charge in [0.25, 0.3) is 0 Å². The molecule has 0 bridgehead atoms. The summed E-state index contributed by atoms with van der Waals surface area (Å²) in [4.78, 5) is 14.1. The van der Waals surface area contributed by atoms with E-state index in [9.17, 15) is 4.79 Å². The molecular formula is C15H21NO3. The van der Waals surface area contributed by atoms with Gasteiger partial charge in [-0.25, -0.2) is 0 Å². The van der Waals surface area contributed by atoms with Crippen molar-refractivity contribution < 1.29 is 14.3 Å². The second kappa shape index (κ2) is 6.57. The Labute approximate surface area is 114 Å². The molecule has 0 spiro atoms. The zero-order chi connectivity index (χ0) is 13.7. The third-order valence-corrected chi connectivity index (χ3v) is 3.47. The number of hydrogen-bond acceptors (Lipinski definition) is 3. The van der Waals surface area contributed by atoms with Gasteiger partial charge >= 0.3 is 0 Å². The van der Waals surface area contributed by atoms with Crippen molar-refractivity contribution in [1.82, 2.24) is 4.90 Å². The molecule has 0 saturated carbocycles. The van der Waals surface area contributed by atoms with E-state index < -0.39 is 0 Å². The highest BCUT2D eigenvalue weighted by Gasteiger charge is 2.23. The predicted octanol–water partition coefficient (Wildman–Crippen LogP) is 1.88. The van der Waals surface area contributed by atoms with Gasteiger partial charge in [0, 0.05) is 13.0 Å². The first-order chi connectivity index (χ1) is 9.20. The zero-order valence-electron chi connectivity index (χ0n) is 11.6. The fourth-order valence-electron chi connectivity index (χ4n) is 2.28. The fraction of sp³-hybridized carbons (Fsp3) is 0.533. The minimum absolute atomic E-state index is 0.192. The number of hydrogen-bond donors (Lipinski definition) is 0. The Bertz CT molecular complexity index is 416. The maximum absolute atomic E-state index is 12.2. The van der Waals surface area contributed by atoms with Gasteiger partial charge in [0.15, 0.2) is 0 Å². The van der Waals surface area contributed by atoms with Crippen LogP contribution in [-0.4, -0.2) is 43.7 Å². The molecule has 1 aromatic carbocycles. The number of carbonyl (C=O) groups is 1. The summed E-state index contributed by atoms with van der Waals surface area (Å²) in [7, 11) is 1.65. The summed E-state index contributed by atoms with van der Waals surface area (Å²) in [6.45, 7) is 4.04. The van der Waals surface area contributed by atoms with Gasteiger partial charge in [-0.15, -0.1) is 0 Å². The molecule has 104 valence electrons. The molecule has 1 heterocycles. The van der Waals surface area contributed by atoms with E-state index in [4.69, 9.17) is 9.47 Å². The number of ether oxygens (including phenoxy) is 2. The molecule has 1 unspecified atom stereocenters. The highest BCUT2D eigenvalue weighted by atomic mass is 16.5.